The van der Waals surface area contributed by atoms with E-state index in [9.17, 15) is 4.79 Å². The van der Waals surface area contributed by atoms with E-state index in [4.69, 9.17) is 0 Å². The van der Waals surface area contributed by atoms with Gasteiger partial charge in [-0.2, -0.15) is 0 Å². The second-order valence-electron chi connectivity index (χ2n) is 8.58. The smallest absolute Gasteiger partial charge is 0.222 e. The highest BCUT2D eigenvalue weighted by Crippen LogP contribution is 2.40. The first-order chi connectivity index (χ1) is 14.2. The summed E-state index contributed by atoms with van der Waals surface area (Å²) in [5, 5.41) is 0. The Kier molecular flexibility index (Phi) is 6.45. The Balaban J connectivity index is 1.23. The molecule has 29 heavy (non-hydrogen) atoms. The van der Waals surface area contributed by atoms with Crippen molar-refractivity contribution in [1.29, 1.82) is 0 Å². The van der Waals surface area contributed by atoms with Gasteiger partial charge in [-0.25, -0.2) is 4.98 Å². The topological polar surface area (TPSA) is 41.4 Å². The Bertz CT molecular complexity index is 792. The average molecular weight is 393 g/mol. The largest absolute Gasteiger partial charge is 0.342 e. The fourth-order valence-electron chi connectivity index (χ4n) is 4.69. The molecule has 5 nitrogen and oxygen atoms in total. The van der Waals surface area contributed by atoms with Crippen LogP contribution in [-0.2, 0) is 11.3 Å². The lowest BCUT2D eigenvalue weighted by atomic mass is 9.72. The lowest BCUT2D eigenvalue weighted by molar-refractivity contribution is -0.139. The molecule has 2 aromatic rings. The quantitative estimate of drug-likeness (QED) is 0.722. The van der Waals surface area contributed by atoms with Crippen LogP contribution in [0.25, 0.3) is 6.08 Å². The number of carbonyl (C=O) groups is 1. The van der Waals surface area contributed by atoms with Gasteiger partial charge >= 0.3 is 0 Å². The van der Waals surface area contributed by atoms with Gasteiger partial charge in [0, 0.05) is 45.0 Å². The van der Waals surface area contributed by atoms with Crippen molar-refractivity contribution in [3.05, 3.63) is 60.7 Å². The molecule has 0 atom stereocenters. The summed E-state index contributed by atoms with van der Waals surface area (Å²) in [5.41, 5.74) is 1.60. The van der Waals surface area contributed by atoms with E-state index in [1.54, 1.807) is 0 Å². The van der Waals surface area contributed by atoms with E-state index in [0.717, 1.165) is 58.5 Å². The van der Waals surface area contributed by atoms with E-state index in [2.05, 4.69) is 61.8 Å². The van der Waals surface area contributed by atoms with Crippen molar-refractivity contribution in [3.8, 4) is 0 Å². The van der Waals surface area contributed by atoms with Crippen LogP contribution in [0, 0.1) is 5.41 Å². The van der Waals surface area contributed by atoms with Gasteiger partial charge in [0.15, 0.2) is 0 Å². The van der Waals surface area contributed by atoms with Gasteiger partial charge in [-0.15, -0.1) is 0 Å². The molecule has 3 heterocycles. The molecular weight excluding hydrogens is 360 g/mol. The van der Waals surface area contributed by atoms with Crippen LogP contribution < -0.4 is 0 Å². The molecular formula is C24H32N4O. The third kappa shape index (κ3) is 5.36. The molecule has 0 radical (unpaired) electrons. The number of nitrogens with zero attached hydrogens (tertiary/aromatic N) is 4. The summed E-state index contributed by atoms with van der Waals surface area (Å²) < 4.78 is 2.09. The van der Waals surface area contributed by atoms with Gasteiger partial charge in [-0.3, -0.25) is 9.69 Å². The van der Waals surface area contributed by atoms with Crippen LogP contribution in [0.2, 0.25) is 0 Å². The van der Waals surface area contributed by atoms with Crippen molar-refractivity contribution < 1.29 is 4.79 Å². The molecule has 1 aromatic carbocycles. The number of aromatic nitrogens is 2. The highest BCUT2D eigenvalue weighted by Gasteiger charge is 2.40. The molecule has 154 valence electrons. The predicted molar refractivity (Wildman–Crippen MR) is 116 cm³/mol. The van der Waals surface area contributed by atoms with Crippen LogP contribution in [0.1, 0.15) is 37.7 Å². The molecule has 2 fully saturated rings. The van der Waals surface area contributed by atoms with Crippen molar-refractivity contribution >= 4 is 12.0 Å². The average Bonchev–Trinajstić information content (AvgIpc) is 3.27. The first-order valence-corrected chi connectivity index (χ1v) is 10.9. The molecule has 2 aliphatic heterocycles. The van der Waals surface area contributed by atoms with Crippen LogP contribution in [0.15, 0.2) is 55.1 Å². The van der Waals surface area contributed by atoms with Gasteiger partial charge in [0.2, 0.25) is 5.91 Å². The number of piperidine rings is 2. The fourth-order valence-corrected chi connectivity index (χ4v) is 4.69. The van der Waals surface area contributed by atoms with Crippen LogP contribution >= 0.6 is 0 Å². The van der Waals surface area contributed by atoms with E-state index in [1.807, 2.05) is 18.7 Å². The lowest BCUT2D eigenvalue weighted by Gasteiger charge is -2.47. The maximum Gasteiger partial charge on any atom is 0.222 e. The summed E-state index contributed by atoms with van der Waals surface area (Å²) in [5.74, 6) is 0.342. The Morgan fingerprint density at radius 3 is 2.66 bits per heavy atom. The van der Waals surface area contributed by atoms with Crippen molar-refractivity contribution in [3.63, 3.8) is 0 Å². The molecule has 2 aliphatic rings. The van der Waals surface area contributed by atoms with Crippen molar-refractivity contribution in [1.82, 2.24) is 19.4 Å². The lowest BCUT2D eigenvalue weighted by Crippen LogP contribution is -2.51. The molecule has 0 N–H and O–H groups in total. The maximum absolute atomic E-state index is 12.4. The van der Waals surface area contributed by atoms with E-state index in [1.165, 1.54) is 18.4 Å². The minimum absolute atomic E-state index is 0.336. The molecule has 5 heteroatoms. The first-order valence-electron chi connectivity index (χ1n) is 10.9. The zero-order chi connectivity index (χ0) is 19.9. The number of amides is 1. The van der Waals surface area contributed by atoms with E-state index < -0.39 is 0 Å². The molecule has 1 aromatic heterocycles. The Morgan fingerprint density at radius 2 is 1.90 bits per heavy atom. The van der Waals surface area contributed by atoms with E-state index in [0.29, 0.717) is 11.3 Å². The predicted octanol–water partition coefficient (Wildman–Crippen LogP) is 3.69. The van der Waals surface area contributed by atoms with Gasteiger partial charge < -0.3 is 9.47 Å². The third-order valence-corrected chi connectivity index (χ3v) is 6.54. The standard InChI is InChI=1S/C24H32N4O/c29-23-9-10-24(20-28(23)16-5-15-27-19-13-25-21-27)11-17-26(18-12-24)14-4-8-22-6-2-1-3-7-22/h1-4,6-8,13,19,21H,5,9-12,14-18,20H2. The normalized spacial score (nSPS) is 20.0. The fraction of sp³-hybridized carbons (Fsp3) is 0.500. The summed E-state index contributed by atoms with van der Waals surface area (Å²) in [7, 11) is 0. The second kappa shape index (κ2) is 9.40. The number of likely N-dealkylation sites (tertiary alicyclic amines) is 2. The molecule has 1 spiro atoms. The molecule has 0 aliphatic carbocycles. The monoisotopic (exact) mass is 392 g/mol. The molecule has 4 rings (SSSR count). The number of rotatable bonds is 7. The van der Waals surface area contributed by atoms with E-state index in [-0.39, 0.29) is 0 Å². The number of hydrogen-bond donors (Lipinski definition) is 0. The summed E-state index contributed by atoms with van der Waals surface area (Å²) in [6.45, 7) is 6.02. The first kappa shape index (κ1) is 19.9. The van der Waals surface area contributed by atoms with Crippen molar-refractivity contribution in [2.75, 3.05) is 32.7 Å². The second-order valence-corrected chi connectivity index (χ2v) is 8.58. The number of aryl methyl sites for hydroxylation is 1. The van der Waals surface area contributed by atoms with Gasteiger partial charge in [-0.05, 0) is 49.8 Å². The zero-order valence-electron chi connectivity index (χ0n) is 17.2. The minimum Gasteiger partial charge on any atom is -0.342 e. The van der Waals surface area contributed by atoms with Crippen LogP contribution in [0.4, 0.5) is 0 Å². The Hall–Kier alpha value is -2.40. The summed E-state index contributed by atoms with van der Waals surface area (Å²) in [4.78, 5) is 21.2. The van der Waals surface area contributed by atoms with Gasteiger partial charge in [-0.1, -0.05) is 42.5 Å². The van der Waals surface area contributed by atoms with Crippen LogP contribution in [-0.4, -0.2) is 58.0 Å². The highest BCUT2D eigenvalue weighted by atomic mass is 16.2. The van der Waals surface area contributed by atoms with Gasteiger partial charge in [0.1, 0.15) is 0 Å². The van der Waals surface area contributed by atoms with Gasteiger partial charge in [0.25, 0.3) is 0 Å². The summed E-state index contributed by atoms with van der Waals surface area (Å²) in [6.07, 6.45) is 15.3. The molecule has 0 bridgehead atoms. The molecule has 0 unspecified atom stereocenters. The molecule has 2 saturated heterocycles. The SMILES string of the molecule is O=C1CCC2(CCN(CC=Cc3ccccc3)CC2)CN1CCCn1ccnc1. The number of carbonyl (C=O) groups excluding carboxylic acids is 1. The van der Waals surface area contributed by atoms with Crippen LogP contribution in [0.3, 0.4) is 0 Å². The highest BCUT2D eigenvalue weighted by molar-refractivity contribution is 5.77. The third-order valence-electron chi connectivity index (χ3n) is 6.54. The van der Waals surface area contributed by atoms with Crippen molar-refractivity contribution in [2.45, 2.75) is 38.6 Å². The summed E-state index contributed by atoms with van der Waals surface area (Å²) >= 11 is 0. The zero-order valence-corrected chi connectivity index (χ0v) is 17.2. The molecule has 0 saturated carbocycles. The summed E-state index contributed by atoms with van der Waals surface area (Å²) in [6, 6.07) is 10.5. The van der Waals surface area contributed by atoms with Crippen LogP contribution in [0.5, 0.6) is 0 Å². The number of benzene rings is 1. The van der Waals surface area contributed by atoms with E-state index >= 15 is 0 Å². The van der Waals surface area contributed by atoms with Gasteiger partial charge in [0.05, 0.1) is 6.33 Å². The Morgan fingerprint density at radius 1 is 1.07 bits per heavy atom. The number of imidazole rings is 1. The minimum atomic E-state index is 0.336. The maximum atomic E-state index is 12.4. The number of hydrogen-bond acceptors (Lipinski definition) is 3. The molecule has 1 amide bonds. The Labute approximate surface area is 174 Å². The van der Waals surface area contributed by atoms with Crippen molar-refractivity contribution in [2.24, 2.45) is 5.41 Å².